The molecule has 0 saturated heterocycles. The van der Waals surface area contributed by atoms with Crippen molar-refractivity contribution in [3.05, 3.63) is 77.8 Å². The first-order chi connectivity index (χ1) is 14.6. The van der Waals surface area contributed by atoms with Crippen molar-refractivity contribution in [3.8, 4) is 17.0 Å². The maximum Gasteiger partial charge on any atom is 0.152 e. The molecule has 3 aromatic heterocycles. The van der Waals surface area contributed by atoms with Crippen LogP contribution in [-0.2, 0) is 6.54 Å². The summed E-state index contributed by atoms with van der Waals surface area (Å²) >= 11 is 0. The van der Waals surface area contributed by atoms with E-state index in [1.807, 2.05) is 18.2 Å². The second kappa shape index (κ2) is 7.26. The second-order valence-corrected chi connectivity index (χ2v) is 7.02. The Morgan fingerprint density at radius 3 is 2.77 bits per heavy atom. The van der Waals surface area contributed by atoms with Gasteiger partial charge in [-0.2, -0.15) is 0 Å². The molecule has 0 N–H and O–H groups in total. The van der Waals surface area contributed by atoms with Gasteiger partial charge >= 0.3 is 0 Å². The molecule has 0 amide bonds. The summed E-state index contributed by atoms with van der Waals surface area (Å²) in [7, 11) is 1.61. The zero-order valence-corrected chi connectivity index (χ0v) is 16.1. The first kappa shape index (κ1) is 18.3. The van der Waals surface area contributed by atoms with Crippen molar-refractivity contribution in [1.82, 2.24) is 9.97 Å². The van der Waals surface area contributed by atoms with E-state index in [-0.39, 0.29) is 0 Å². The molecule has 5 rings (SSSR count). The summed E-state index contributed by atoms with van der Waals surface area (Å²) < 4.78 is 38.3. The number of hydrogen-bond acceptors (Lipinski definition) is 5. The normalized spacial score (nSPS) is 13.0. The van der Waals surface area contributed by atoms with Crippen LogP contribution in [-0.4, -0.2) is 23.6 Å². The molecule has 1 aliphatic heterocycles. The van der Waals surface area contributed by atoms with Crippen LogP contribution >= 0.6 is 0 Å². The van der Waals surface area contributed by atoms with Gasteiger partial charge in [0.25, 0.3) is 0 Å². The van der Waals surface area contributed by atoms with Gasteiger partial charge in [0, 0.05) is 36.3 Å². The Kier molecular flexibility index (Phi) is 4.43. The van der Waals surface area contributed by atoms with E-state index in [0.717, 1.165) is 23.0 Å². The largest absolute Gasteiger partial charge is 0.495 e. The molecule has 1 aliphatic rings. The quantitative estimate of drug-likeness (QED) is 0.467. The summed E-state index contributed by atoms with van der Waals surface area (Å²) in [4.78, 5) is 11.2. The highest BCUT2D eigenvalue weighted by Gasteiger charge is 2.19. The molecule has 0 spiro atoms. The first-order valence-corrected chi connectivity index (χ1v) is 9.40. The predicted octanol–water partition coefficient (Wildman–Crippen LogP) is 5.21. The fraction of sp³-hybridized carbons (Fsp3) is 0.130. The van der Waals surface area contributed by atoms with Crippen LogP contribution in [0.2, 0.25) is 0 Å². The van der Waals surface area contributed by atoms with Crippen LogP contribution in [0.3, 0.4) is 0 Å². The van der Waals surface area contributed by atoms with Gasteiger partial charge in [-0.05, 0) is 30.3 Å². The number of pyridine rings is 2. The van der Waals surface area contributed by atoms with E-state index < -0.39 is 11.6 Å². The van der Waals surface area contributed by atoms with Gasteiger partial charge in [-0.15, -0.1) is 0 Å². The first-order valence-electron chi connectivity index (χ1n) is 9.40. The molecular weight excluding hydrogens is 388 g/mol. The van der Waals surface area contributed by atoms with Crippen LogP contribution < -0.4 is 9.64 Å². The van der Waals surface area contributed by atoms with Crippen LogP contribution in [0.15, 0.2) is 59.4 Å². The minimum atomic E-state index is -0.641. The van der Waals surface area contributed by atoms with Crippen LogP contribution in [0.5, 0.6) is 5.75 Å². The molecule has 0 unspecified atom stereocenters. The second-order valence-electron chi connectivity index (χ2n) is 7.02. The third-order valence-electron chi connectivity index (χ3n) is 5.06. The van der Waals surface area contributed by atoms with Crippen molar-refractivity contribution in [2.45, 2.75) is 6.54 Å². The minimum Gasteiger partial charge on any atom is -0.495 e. The smallest absolute Gasteiger partial charge is 0.152 e. The molecule has 150 valence electrons. The van der Waals surface area contributed by atoms with Gasteiger partial charge in [-0.1, -0.05) is 6.08 Å². The number of aromatic nitrogens is 2. The van der Waals surface area contributed by atoms with Gasteiger partial charge in [0.1, 0.15) is 22.9 Å². The van der Waals surface area contributed by atoms with Crippen LogP contribution in [0.1, 0.15) is 11.3 Å². The molecule has 4 aromatic rings. The average Bonchev–Trinajstić information content (AvgIpc) is 3.15. The molecule has 0 radical (unpaired) electrons. The number of anilines is 1. The lowest BCUT2D eigenvalue weighted by atomic mass is 10.1. The average molecular weight is 405 g/mol. The number of nitrogens with zero attached hydrogens (tertiary/aromatic N) is 3. The van der Waals surface area contributed by atoms with E-state index in [1.54, 1.807) is 31.7 Å². The Balaban J connectivity index is 1.52. The van der Waals surface area contributed by atoms with E-state index in [4.69, 9.17) is 9.15 Å². The standard InChI is InChI=1S/C23H17F2N3O2/c1-29-18-10-21-20(26-11-18)3-2-6-28(21)12-15-13-30-22-5-4-19(27-23(15)22)14-7-16(24)9-17(25)8-14/h2-5,7-11,13H,6,12H2,1H3. The Hall–Kier alpha value is -3.74. The van der Waals surface area contributed by atoms with Crippen LogP contribution in [0, 0.1) is 11.6 Å². The lowest BCUT2D eigenvalue weighted by molar-refractivity contribution is 0.413. The van der Waals surface area contributed by atoms with Gasteiger partial charge in [0.05, 0.1) is 36.6 Å². The molecule has 0 bridgehead atoms. The summed E-state index contributed by atoms with van der Waals surface area (Å²) in [5.74, 6) is -0.602. The number of halogens is 2. The molecule has 0 atom stereocenters. The van der Waals surface area contributed by atoms with Gasteiger partial charge in [-0.25, -0.2) is 13.8 Å². The summed E-state index contributed by atoms with van der Waals surface area (Å²) in [6.45, 7) is 1.23. The summed E-state index contributed by atoms with van der Waals surface area (Å²) in [5.41, 5.74) is 4.81. The lowest BCUT2D eigenvalue weighted by Gasteiger charge is -2.27. The van der Waals surface area contributed by atoms with Crippen molar-refractivity contribution in [2.24, 2.45) is 0 Å². The van der Waals surface area contributed by atoms with E-state index >= 15 is 0 Å². The van der Waals surface area contributed by atoms with Crippen molar-refractivity contribution in [1.29, 1.82) is 0 Å². The topological polar surface area (TPSA) is 51.4 Å². The summed E-state index contributed by atoms with van der Waals surface area (Å²) in [6.07, 6.45) is 7.37. The highest BCUT2D eigenvalue weighted by atomic mass is 19.1. The Morgan fingerprint density at radius 1 is 1.13 bits per heavy atom. The molecule has 5 nitrogen and oxygen atoms in total. The number of methoxy groups -OCH3 is 1. The molecule has 1 aromatic carbocycles. The fourth-order valence-corrected chi connectivity index (χ4v) is 3.62. The Labute approximate surface area is 171 Å². The summed E-state index contributed by atoms with van der Waals surface area (Å²) in [6, 6.07) is 8.77. The van der Waals surface area contributed by atoms with Crippen molar-refractivity contribution < 1.29 is 17.9 Å². The number of rotatable bonds is 4. The van der Waals surface area contributed by atoms with Gasteiger partial charge in [0.15, 0.2) is 5.58 Å². The maximum absolute atomic E-state index is 13.6. The molecule has 4 heterocycles. The van der Waals surface area contributed by atoms with Gasteiger partial charge in [0.2, 0.25) is 0 Å². The molecule has 0 fully saturated rings. The van der Waals surface area contributed by atoms with Crippen molar-refractivity contribution in [2.75, 3.05) is 18.6 Å². The highest BCUT2D eigenvalue weighted by Crippen LogP contribution is 2.31. The zero-order chi connectivity index (χ0) is 20.7. The number of hydrogen-bond donors (Lipinski definition) is 0. The van der Waals surface area contributed by atoms with E-state index in [9.17, 15) is 8.78 Å². The van der Waals surface area contributed by atoms with Gasteiger partial charge in [-0.3, -0.25) is 4.98 Å². The van der Waals surface area contributed by atoms with Crippen molar-refractivity contribution >= 4 is 22.9 Å². The third-order valence-corrected chi connectivity index (χ3v) is 5.06. The van der Waals surface area contributed by atoms with E-state index in [0.29, 0.717) is 41.2 Å². The predicted molar refractivity (Wildman–Crippen MR) is 110 cm³/mol. The zero-order valence-electron chi connectivity index (χ0n) is 16.1. The molecule has 7 heteroatoms. The summed E-state index contributed by atoms with van der Waals surface area (Å²) in [5, 5.41) is 0. The monoisotopic (exact) mass is 405 g/mol. The Bertz CT molecular complexity index is 1260. The molecule has 0 saturated carbocycles. The fourth-order valence-electron chi connectivity index (χ4n) is 3.62. The van der Waals surface area contributed by atoms with Crippen LogP contribution in [0.4, 0.5) is 14.5 Å². The molecular formula is C23H17F2N3O2. The van der Waals surface area contributed by atoms with Crippen LogP contribution in [0.25, 0.3) is 28.4 Å². The van der Waals surface area contributed by atoms with E-state index in [2.05, 4.69) is 14.9 Å². The molecule has 0 aliphatic carbocycles. The number of benzene rings is 1. The number of fused-ring (bicyclic) bond motifs is 2. The third kappa shape index (κ3) is 3.28. The number of furan rings is 1. The highest BCUT2D eigenvalue weighted by molar-refractivity contribution is 5.81. The van der Waals surface area contributed by atoms with Crippen molar-refractivity contribution in [3.63, 3.8) is 0 Å². The van der Waals surface area contributed by atoms with E-state index in [1.165, 1.54) is 12.1 Å². The Morgan fingerprint density at radius 2 is 1.97 bits per heavy atom. The molecule has 30 heavy (non-hydrogen) atoms. The SMILES string of the molecule is COc1cnc2c(c1)N(Cc1coc3ccc(-c4cc(F)cc(F)c4)nc13)CC=C2. The lowest BCUT2D eigenvalue weighted by Crippen LogP contribution is -2.25. The van der Waals surface area contributed by atoms with Gasteiger partial charge < -0.3 is 14.1 Å². The maximum atomic E-state index is 13.6. The number of ether oxygens (including phenoxy) is 1. The minimum absolute atomic E-state index is 0.377.